The Morgan fingerprint density at radius 1 is 1.13 bits per heavy atom. The third kappa shape index (κ3) is 6.68. The van der Waals surface area contributed by atoms with Crippen molar-refractivity contribution in [3.63, 3.8) is 0 Å². The largest absolute Gasteiger partial charge is 0.497 e. The van der Waals surface area contributed by atoms with E-state index in [1.54, 1.807) is 13.2 Å². The number of para-hydroxylation sites is 1. The monoisotopic (exact) mass is 564 g/mol. The number of thiophene rings is 1. The quantitative estimate of drug-likeness (QED) is 0.135. The van der Waals surface area contributed by atoms with E-state index in [9.17, 15) is 9.59 Å². The minimum Gasteiger partial charge on any atom is -0.497 e. The van der Waals surface area contributed by atoms with Gasteiger partial charge in [-0.3, -0.25) is 9.36 Å². The molecule has 0 fully saturated rings. The van der Waals surface area contributed by atoms with E-state index in [0.29, 0.717) is 39.4 Å². The van der Waals surface area contributed by atoms with Crippen molar-refractivity contribution < 1.29 is 23.8 Å². The molecule has 11 heteroatoms. The van der Waals surface area contributed by atoms with Crippen LogP contribution >= 0.6 is 23.1 Å². The average Bonchev–Trinajstić information content (AvgIpc) is 3.55. The molecule has 0 atom stereocenters. The zero-order valence-electron chi connectivity index (χ0n) is 21.8. The van der Waals surface area contributed by atoms with Crippen molar-refractivity contribution in [2.24, 2.45) is 0 Å². The fraction of sp³-hybridized carbons (Fsp3) is 0.214. The topological polar surface area (TPSA) is 105 Å². The highest BCUT2D eigenvalue weighted by Crippen LogP contribution is 2.37. The van der Waals surface area contributed by atoms with Crippen molar-refractivity contribution in [3.8, 4) is 22.6 Å². The number of nitrogens with zero attached hydrogens (tertiary/aromatic N) is 3. The number of anilines is 1. The van der Waals surface area contributed by atoms with Crippen LogP contribution in [0.3, 0.4) is 0 Å². The molecule has 2 aromatic heterocycles. The van der Waals surface area contributed by atoms with E-state index in [1.807, 2.05) is 65.4 Å². The van der Waals surface area contributed by atoms with E-state index in [1.165, 1.54) is 30.2 Å². The van der Waals surface area contributed by atoms with Crippen molar-refractivity contribution in [1.82, 2.24) is 14.8 Å². The van der Waals surface area contributed by atoms with Gasteiger partial charge in [0.2, 0.25) is 5.91 Å². The molecule has 4 rings (SSSR count). The molecule has 2 aromatic carbocycles. The number of aromatic nitrogens is 3. The van der Waals surface area contributed by atoms with Gasteiger partial charge in [-0.2, -0.15) is 0 Å². The van der Waals surface area contributed by atoms with Crippen LogP contribution in [0, 0.1) is 6.92 Å². The number of hydrogen-bond acceptors (Lipinski definition) is 9. The molecule has 0 unspecified atom stereocenters. The summed E-state index contributed by atoms with van der Waals surface area (Å²) in [6.45, 7) is 6.48. The minimum atomic E-state index is -0.533. The van der Waals surface area contributed by atoms with Crippen molar-refractivity contribution in [1.29, 1.82) is 0 Å². The second kappa shape index (κ2) is 13.1. The van der Waals surface area contributed by atoms with Crippen LogP contribution in [0.2, 0.25) is 0 Å². The number of benzene rings is 2. The van der Waals surface area contributed by atoms with E-state index in [0.717, 1.165) is 16.9 Å². The number of aryl methyl sites for hydroxylation is 1. The molecule has 0 aliphatic heterocycles. The highest BCUT2D eigenvalue weighted by atomic mass is 32.2. The standard InChI is InChI=1S/C28H28N4O5S2/c1-5-14-32-23(15-37-22-9-7-6-8-18(22)2)30-31-28(32)39-17-24(33)29-26-25(27(34)36-4)21(16-38-26)19-10-12-20(35-3)13-11-19/h5-13,16H,1,14-15,17H2,2-4H3,(H,29,33). The number of nitrogens with one attached hydrogen (secondary N) is 1. The molecule has 1 amide bonds. The lowest BCUT2D eigenvalue weighted by atomic mass is 10.0. The average molecular weight is 565 g/mol. The van der Waals surface area contributed by atoms with Crippen LogP contribution in [-0.2, 0) is 22.7 Å². The molecule has 9 nitrogen and oxygen atoms in total. The first-order chi connectivity index (χ1) is 18.9. The number of methoxy groups -OCH3 is 2. The molecular formula is C28H28N4O5S2. The molecule has 0 spiro atoms. The number of carbonyl (C=O) groups is 2. The maximum Gasteiger partial charge on any atom is 0.341 e. The first-order valence-electron chi connectivity index (χ1n) is 11.9. The number of rotatable bonds is 12. The van der Waals surface area contributed by atoms with Gasteiger partial charge in [0.1, 0.15) is 28.7 Å². The van der Waals surface area contributed by atoms with Crippen LogP contribution in [0.15, 0.2) is 71.7 Å². The van der Waals surface area contributed by atoms with E-state index in [2.05, 4.69) is 22.1 Å². The van der Waals surface area contributed by atoms with Gasteiger partial charge < -0.3 is 19.5 Å². The number of esters is 1. The van der Waals surface area contributed by atoms with Crippen molar-refractivity contribution in [2.45, 2.75) is 25.2 Å². The summed E-state index contributed by atoms with van der Waals surface area (Å²) in [5.41, 5.74) is 2.80. The molecule has 0 aliphatic rings. The van der Waals surface area contributed by atoms with Gasteiger partial charge in [0.05, 0.1) is 20.0 Å². The summed E-state index contributed by atoms with van der Waals surface area (Å²) in [6.07, 6.45) is 1.74. The maximum absolute atomic E-state index is 12.9. The summed E-state index contributed by atoms with van der Waals surface area (Å²) in [6, 6.07) is 15.1. The molecular weight excluding hydrogens is 536 g/mol. The molecule has 0 bridgehead atoms. The van der Waals surface area contributed by atoms with Crippen LogP contribution < -0.4 is 14.8 Å². The lowest BCUT2D eigenvalue weighted by molar-refractivity contribution is -0.113. The van der Waals surface area contributed by atoms with E-state index in [4.69, 9.17) is 14.2 Å². The third-order valence-corrected chi connectivity index (χ3v) is 7.58. The van der Waals surface area contributed by atoms with E-state index in [-0.39, 0.29) is 18.3 Å². The van der Waals surface area contributed by atoms with Gasteiger partial charge in [-0.25, -0.2) is 4.79 Å². The number of allylic oxidation sites excluding steroid dienone is 1. The van der Waals surface area contributed by atoms with Gasteiger partial charge in [0.25, 0.3) is 0 Å². The van der Waals surface area contributed by atoms with Gasteiger partial charge in [-0.15, -0.1) is 28.1 Å². The van der Waals surface area contributed by atoms with Crippen LogP contribution in [0.5, 0.6) is 11.5 Å². The number of amides is 1. The fourth-order valence-electron chi connectivity index (χ4n) is 3.74. The Balaban J connectivity index is 1.45. The molecule has 39 heavy (non-hydrogen) atoms. The van der Waals surface area contributed by atoms with Crippen LogP contribution in [-0.4, -0.2) is 46.6 Å². The van der Waals surface area contributed by atoms with Crippen molar-refractivity contribution in [2.75, 3.05) is 25.3 Å². The van der Waals surface area contributed by atoms with Crippen LogP contribution in [0.25, 0.3) is 11.1 Å². The summed E-state index contributed by atoms with van der Waals surface area (Å²) in [5, 5.41) is 14.2. The predicted octanol–water partition coefficient (Wildman–Crippen LogP) is 5.61. The summed E-state index contributed by atoms with van der Waals surface area (Å²) >= 11 is 2.50. The molecule has 0 aliphatic carbocycles. The molecule has 2 heterocycles. The summed E-state index contributed by atoms with van der Waals surface area (Å²) < 4.78 is 18.0. The Kier molecular flexibility index (Phi) is 9.40. The van der Waals surface area contributed by atoms with Gasteiger partial charge in [-0.05, 0) is 36.2 Å². The Morgan fingerprint density at radius 3 is 2.59 bits per heavy atom. The van der Waals surface area contributed by atoms with Gasteiger partial charge in [0.15, 0.2) is 11.0 Å². The zero-order valence-corrected chi connectivity index (χ0v) is 23.4. The number of ether oxygens (including phenoxy) is 3. The van der Waals surface area contributed by atoms with E-state index >= 15 is 0 Å². The first kappa shape index (κ1) is 27.9. The second-order valence-electron chi connectivity index (χ2n) is 8.26. The van der Waals surface area contributed by atoms with Crippen LogP contribution in [0.1, 0.15) is 21.7 Å². The number of carbonyl (C=O) groups excluding carboxylic acids is 2. The Hall–Kier alpha value is -4.09. The van der Waals surface area contributed by atoms with Gasteiger partial charge in [-0.1, -0.05) is 48.2 Å². The fourth-order valence-corrected chi connectivity index (χ4v) is 5.48. The van der Waals surface area contributed by atoms with Gasteiger partial charge >= 0.3 is 5.97 Å². The first-order valence-corrected chi connectivity index (χ1v) is 13.8. The van der Waals surface area contributed by atoms with Gasteiger partial charge in [0, 0.05) is 17.5 Å². The minimum absolute atomic E-state index is 0.0598. The summed E-state index contributed by atoms with van der Waals surface area (Å²) in [4.78, 5) is 25.5. The molecule has 202 valence electrons. The molecule has 4 aromatic rings. The normalized spacial score (nSPS) is 10.6. The lowest BCUT2D eigenvalue weighted by Crippen LogP contribution is -2.16. The summed E-state index contributed by atoms with van der Waals surface area (Å²) in [5.74, 6) is 1.33. The maximum atomic E-state index is 12.9. The Bertz CT molecular complexity index is 1460. The highest BCUT2D eigenvalue weighted by molar-refractivity contribution is 7.99. The second-order valence-corrected chi connectivity index (χ2v) is 10.1. The third-order valence-electron chi connectivity index (χ3n) is 5.72. The lowest BCUT2D eigenvalue weighted by Gasteiger charge is -2.11. The highest BCUT2D eigenvalue weighted by Gasteiger charge is 2.23. The molecule has 0 saturated heterocycles. The zero-order chi connectivity index (χ0) is 27.8. The Morgan fingerprint density at radius 2 is 1.90 bits per heavy atom. The Labute approximate surface area is 234 Å². The molecule has 1 N–H and O–H groups in total. The molecule has 0 radical (unpaired) electrons. The smallest absolute Gasteiger partial charge is 0.341 e. The van der Waals surface area contributed by atoms with E-state index < -0.39 is 5.97 Å². The molecule has 0 saturated carbocycles. The number of hydrogen-bond donors (Lipinski definition) is 1. The SMILES string of the molecule is C=CCn1c(COc2ccccc2C)nnc1SCC(=O)Nc1scc(-c2ccc(OC)cc2)c1C(=O)OC. The summed E-state index contributed by atoms with van der Waals surface area (Å²) in [7, 11) is 2.90. The number of thioether (sulfide) groups is 1. The van der Waals surface area contributed by atoms with Crippen molar-refractivity contribution >= 4 is 40.0 Å². The van der Waals surface area contributed by atoms with Crippen molar-refractivity contribution in [3.05, 3.63) is 83.5 Å². The predicted molar refractivity (Wildman–Crippen MR) is 153 cm³/mol. The van der Waals surface area contributed by atoms with Crippen LogP contribution in [0.4, 0.5) is 5.00 Å².